The van der Waals surface area contributed by atoms with Gasteiger partial charge in [-0.15, -0.1) is 11.3 Å². The van der Waals surface area contributed by atoms with E-state index in [1.165, 1.54) is 24.4 Å². The van der Waals surface area contributed by atoms with Crippen molar-refractivity contribution in [2.75, 3.05) is 13.1 Å². The lowest BCUT2D eigenvalue weighted by molar-refractivity contribution is 0.284. The zero-order valence-corrected chi connectivity index (χ0v) is 10.9. The van der Waals surface area contributed by atoms with Crippen molar-refractivity contribution in [1.82, 2.24) is 15.6 Å². The Morgan fingerprint density at radius 1 is 1.69 bits per heavy atom. The van der Waals surface area contributed by atoms with Crippen molar-refractivity contribution in [2.45, 2.75) is 38.8 Å². The molecule has 3 nitrogen and oxygen atoms in total. The topological polar surface area (TPSA) is 37.0 Å². The van der Waals surface area contributed by atoms with Crippen molar-refractivity contribution in [2.24, 2.45) is 5.92 Å². The quantitative estimate of drug-likeness (QED) is 0.845. The lowest BCUT2D eigenvalue weighted by atomic mass is 9.92. The highest BCUT2D eigenvalue weighted by molar-refractivity contribution is 7.09. The number of piperidine rings is 1. The molecule has 16 heavy (non-hydrogen) atoms. The fraction of sp³-hybridized carbons (Fsp3) is 0.750. The molecule has 3 unspecified atom stereocenters. The molecule has 0 spiro atoms. The maximum atomic E-state index is 4.33. The highest BCUT2D eigenvalue weighted by atomic mass is 32.1. The van der Waals surface area contributed by atoms with Crippen LogP contribution in [0.25, 0.3) is 0 Å². The summed E-state index contributed by atoms with van der Waals surface area (Å²) in [6.45, 7) is 6.74. The molecule has 2 rings (SSSR count). The molecule has 1 aromatic rings. The summed E-state index contributed by atoms with van der Waals surface area (Å²) in [5.74, 6) is 0.782. The van der Waals surface area contributed by atoms with Crippen LogP contribution in [-0.4, -0.2) is 24.1 Å². The third-order valence-electron chi connectivity index (χ3n) is 3.40. The minimum atomic E-state index is 0.371. The molecule has 0 bridgehead atoms. The Hall–Kier alpha value is -0.450. The van der Waals surface area contributed by atoms with Gasteiger partial charge in [0.05, 0.1) is 6.04 Å². The Balaban J connectivity index is 1.78. The zero-order chi connectivity index (χ0) is 11.4. The van der Waals surface area contributed by atoms with Crippen LogP contribution in [0.2, 0.25) is 0 Å². The summed E-state index contributed by atoms with van der Waals surface area (Å²) in [5.41, 5.74) is 0. The molecule has 3 atom stereocenters. The van der Waals surface area contributed by atoms with Crippen LogP contribution in [0.4, 0.5) is 0 Å². The highest BCUT2D eigenvalue weighted by Gasteiger charge is 2.21. The Kier molecular flexibility index (Phi) is 4.32. The molecule has 2 N–H and O–H groups in total. The van der Waals surface area contributed by atoms with Crippen LogP contribution >= 0.6 is 11.3 Å². The molecule has 0 saturated carbocycles. The molecule has 1 aliphatic heterocycles. The molecule has 0 radical (unpaired) electrons. The molecular formula is C12H21N3S. The van der Waals surface area contributed by atoms with Gasteiger partial charge in [0.25, 0.3) is 0 Å². The fourth-order valence-corrected chi connectivity index (χ4v) is 2.90. The summed E-state index contributed by atoms with van der Waals surface area (Å²) in [5, 5.41) is 10.4. The van der Waals surface area contributed by atoms with Crippen molar-refractivity contribution in [3.63, 3.8) is 0 Å². The largest absolute Gasteiger partial charge is 0.312 e. The van der Waals surface area contributed by atoms with Gasteiger partial charge in [-0.3, -0.25) is 0 Å². The third kappa shape index (κ3) is 3.03. The number of aromatic nitrogens is 1. The van der Waals surface area contributed by atoms with E-state index >= 15 is 0 Å². The lowest BCUT2D eigenvalue weighted by Gasteiger charge is -2.31. The molecule has 1 saturated heterocycles. The van der Waals surface area contributed by atoms with E-state index in [4.69, 9.17) is 0 Å². The van der Waals surface area contributed by atoms with E-state index in [1.807, 2.05) is 11.6 Å². The predicted octanol–water partition coefficient (Wildman–Crippen LogP) is 2.18. The van der Waals surface area contributed by atoms with Gasteiger partial charge in [0.15, 0.2) is 0 Å². The maximum absolute atomic E-state index is 4.33. The van der Waals surface area contributed by atoms with Crippen molar-refractivity contribution >= 4 is 11.3 Å². The van der Waals surface area contributed by atoms with E-state index in [0.717, 1.165) is 12.5 Å². The zero-order valence-electron chi connectivity index (χ0n) is 10.1. The number of nitrogens with one attached hydrogen (secondary N) is 2. The van der Waals surface area contributed by atoms with Gasteiger partial charge in [-0.2, -0.15) is 0 Å². The Morgan fingerprint density at radius 2 is 2.56 bits per heavy atom. The van der Waals surface area contributed by atoms with Crippen LogP contribution in [0.1, 0.15) is 37.7 Å². The summed E-state index contributed by atoms with van der Waals surface area (Å²) in [4.78, 5) is 4.33. The van der Waals surface area contributed by atoms with E-state index < -0.39 is 0 Å². The average Bonchev–Trinajstić information content (AvgIpc) is 2.81. The maximum Gasteiger partial charge on any atom is 0.109 e. The van der Waals surface area contributed by atoms with E-state index in [1.54, 1.807) is 11.3 Å². The fourth-order valence-electron chi connectivity index (χ4n) is 2.23. The molecule has 0 aromatic carbocycles. The smallest absolute Gasteiger partial charge is 0.109 e. The van der Waals surface area contributed by atoms with Gasteiger partial charge in [-0.1, -0.05) is 6.92 Å². The molecule has 4 heteroatoms. The molecular weight excluding hydrogens is 218 g/mol. The molecule has 1 aromatic heterocycles. The normalized spacial score (nSPS) is 27.9. The van der Waals surface area contributed by atoms with Crippen molar-refractivity contribution < 1.29 is 0 Å². The van der Waals surface area contributed by atoms with E-state index in [2.05, 4.69) is 29.5 Å². The molecule has 0 amide bonds. The number of nitrogens with zero attached hydrogens (tertiary/aromatic N) is 1. The number of hydrogen-bond donors (Lipinski definition) is 2. The Labute approximate surface area is 102 Å². The Morgan fingerprint density at radius 3 is 3.25 bits per heavy atom. The van der Waals surface area contributed by atoms with Gasteiger partial charge in [0.2, 0.25) is 0 Å². The van der Waals surface area contributed by atoms with Crippen molar-refractivity contribution in [1.29, 1.82) is 0 Å². The van der Waals surface area contributed by atoms with Gasteiger partial charge in [-0.25, -0.2) is 4.98 Å². The van der Waals surface area contributed by atoms with Gasteiger partial charge >= 0.3 is 0 Å². The third-order valence-corrected chi connectivity index (χ3v) is 4.35. The first-order valence-corrected chi connectivity index (χ1v) is 7.01. The van der Waals surface area contributed by atoms with Crippen LogP contribution in [0.5, 0.6) is 0 Å². The van der Waals surface area contributed by atoms with Crippen LogP contribution < -0.4 is 10.6 Å². The molecule has 1 aliphatic rings. The second-order valence-electron chi connectivity index (χ2n) is 4.68. The van der Waals surface area contributed by atoms with E-state index in [9.17, 15) is 0 Å². The number of thiazole rings is 1. The summed E-state index contributed by atoms with van der Waals surface area (Å²) in [6, 6.07) is 0.993. The average molecular weight is 239 g/mol. The van der Waals surface area contributed by atoms with Crippen LogP contribution in [0.3, 0.4) is 0 Å². The summed E-state index contributed by atoms with van der Waals surface area (Å²) in [7, 11) is 0. The summed E-state index contributed by atoms with van der Waals surface area (Å²) in [6.07, 6.45) is 4.55. The van der Waals surface area contributed by atoms with Gasteiger partial charge in [0, 0.05) is 24.2 Å². The lowest BCUT2D eigenvalue weighted by Crippen LogP contribution is -2.47. The molecule has 0 aliphatic carbocycles. The molecule has 1 fully saturated rings. The second kappa shape index (κ2) is 5.75. The SMILES string of the molecule is CC(NCC1NCCCC1C)c1nccs1. The van der Waals surface area contributed by atoms with E-state index in [0.29, 0.717) is 12.1 Å². The van der Waals surface area contributed by atoms with Gasteiger partial charge in [-0.05, 0) is 32.2 Å². The standard InChI is InChI=1S/C12H21N3S/c1-9-4-3-5-13-11(9)8-15-10(2)12-14-6-7-16-12/h6-7,9-11,13,15H,3-5,8H2,1-2H3. The van der Waals surface area contributed by atoms with Crippen LogP contribution in [0.15, 0.2) is 11.6 Å². The first-order chi connectivity index (χ1) is 7.77. The minimum absolute atomic E-state index is 0.371. The van der Waals surface area contributed by atoms with Crippen molar-refractivity contribution in [3.8, 4) is 0 Å². The van der Waals surface area contributed by atoms with Gasteiger partial charge in [0.1, 0.15) is 5.01 Å². The monoisotopic (exact) mass is 239 g/mol. The summed E-state index contributed by atoms with van der Waals surface area (Å²) < 4.78 is 0. The van der Waals surface area contributed by atoms with Crippen LogP contribution in [0, 0.1) is 5.92 Å². The number of hydrogen-bond acceptors (Lipinski definition) is 4. The first kappa shape index (κ1) is 12.0. The second-order valence-corrected chi connectivity index (χ2v) is 5.61. The minimum Gasteiger partial charge on any atom is -0.312 e. The summed E-state index contributed by atoms with van der Waals surface area (Å²) >= 11 is 1.72. The number of rotatable bonds is 4. The van der Waals surface area contributed by atoms with Crippen LogP contribution in [-0.2, 0) is 0 Å². The highest BCUT2D eigenvalue weighted by Crippen LogP contribution is 2.17. The predicted molar refractivity (Wildman–Crippen MR) is 68.7 cm³/mol. The first-order valence-electron chi connectivity index (χ1n) is 6.13. The Bertz CT molecular complexity index is 299. The molecule has 2 heterocycles. The molecule has 90 valence electrons. The van der Waals surface area contributed by atoms with Crippen molar-refractivity contribution in [3.05, 3.63) is 16.6 Å². The van der Waals surface area contributed by atoms with E-state index in [-0.39, 0.29) is 0 Å². The van der Waals surface area contributed by atoms with Gasteiger partial charge < -0.3 is 10.6 Å².